The molecule has 1 atom stereocenters. The number of rotatable bonds is 4. The quantitative estimate of drug-likeness (QED) is 0.241. The van der Waals surface area contributed by atoms with E-state index in [2.05, 4.69) is 15.0 Å². The first-order valence-electron chi connectivity index (χ1n) is 11.6. The van der Waals surface area contributed by atoms with Crippen LogP contribution in [0.1, 0.15) is 5.56 Å². The molecule has 13 heteroatoms. The van der Waals surface area contributed by atoms with Crippen molar-refractivity contribution >= 4 is 67.6 Å². The maximum atomic E-state index is 12.7. The Bertz CT molecular complexity index is 1760. The molecule has 1 aliphatic rings. The van der Waals surface area contributed by atoms with Crippen LogP contribution in [0.5, 0.6) is 17.4 Å². The van der Waals surface area contributed by atoms with Gasteiger partial charge in [-0.05, 0) is 30.7 Å². The minimum atomic E-state index is -0.994. The van der Waals surface area contributed by atoms with Crippen molar-refractivity contribution in [3.8, 4) is 28.0 Å². The monoisotopic (exact) mass is 583 g/mol. The van der Waals surface area contributed by atoms with Crippen LogP contribution in [0, 0.1) is 6.92 Å². The van der Waals surface area contributed by atoms with Gasteiger partial charge in [-0.3, -0.25) is 9.88 Å². The number of pyridine rings is 1. The molecule has 1 aliphatic heterocycles. The molecule has 10 nitrogen and oxygen atoms in total. The molecular formula is C26H19Cl2N5O5S. The van der Waals surface area contributed by atoms with E-state index in [0.717, 1.165) is 11.1 Å². The number of fused-ring (bicyclic) bond motifs is 4. The van der Waals surface area contributed by atoms with Crippen LogP contribution in [0.25, 0.3) is 31.8 Å². The third-order valence-electron chi connectivity index (χ3n) is 5.96. The van der Waals surface area contributed by atoms with Gasteiger partial charge in [0.2, 0.25) is 5.88 Å². The fourth-order valence-corrected chi connectivity index (χ4v) is 5.67. The summed E-state index contributed by atoms with van der Waals surface area (Å²) in [6.07, 6.45) is 2.89. The molecule has 0 aliphatic carbocycles. The van der Waals surface area contributed by atoms with Gasteiger partial charge < -0.3 is 18.9 Å². The number of ether oxygens (including phenoxy) is 4. The lowest BCUT2D eigenvalue weighted by atomic mass is 10.1. The summed E-state index contributed by atoms with van der Waals surface area (Å²) in [4.78, 5) is 31.8. The first kappa shape index (κ1) is 25.4. The number of methoxy groups -OCH3 is 1. The zero-order chi connectivity index (χ0) is 27.3. The summed E-state index contributed by atoms with van der Waals surface area (Å²) in [5.74, 6) is 1.25. The maximum Gasteiger partial charge on any atom is 0.417 e. The summed E-state index contributed by atoms with van der Waals surface area (Å²) in [7, 11) is 3.09. The molecule has 0 unspecified atom stereocenters. The second kappa shape index (κ2) is 9.99. The van der Waals surface area contributed by atoms with Gasteiger partial charge in [0.15, 0.2) is 18.1 Å². The number of aromatic nitrogens is 4. The molecule has 39 heavy (non-hydrogen) atoms. The Morgan fingerprint density at radius 3 is 2.77 bits per heavy atom. The molecule has 4 heterocycles. The maximum absolute atomic E-state index is 12.7. The number of anilines is 1. The van der Waals surface area contributed by atoms with Crippen molar-refractivity contribution in [3.63, 3.8) is 0 Å². The van der Waals surface area contributed by atoms with Crippen molar-refractivity contribution in [2.24, 2.45) is 0 Å². The number of thiazole rings is 1. The van der Waals surface area contributed by atoms with Crippen LogP contribution in [-0.2, 0) is 4.74 Å². The van der Waals surface area contributed by atoms with Gasteiger partial charge >= 0.3 is 6.09 Å². The van der Waals surface area contributed by atoms with Crippen LogP contribution in [-0.4, -0.2) is 53.1 Å². The van der Waals surface area contributed by atoms with E-state index in [1.54, 1.807) is 32.5 Å². The molecule has 2 aromatic carbocycles. The van der Waals surface area contributed by atoms with Gasteiger partial charge in [-0.15, -0.1) is 11.3 Å². The van der Waals surface area contributed by atoms with Gasteiger partial charge in [0.1, 0.15) is 15.2 Å². The minimum Gasteiger partial charge on any atom is -0.480 e. The lowest BCUT2D eigenvalue weighted by Gasteiger charge is -2.28. The Labute approximate surface area is 236 Å². The first-order valence-corrected chi connectivity index (χ1v) is 13.2. The standard InChI is InChI=1S/C26H19Cl2N5O5S/c1-12-4-15(21-17(5-12)31-19(35-3)10-30-21)25-32-22-16(28)7-18-23(24(22)39-25)36-11-20(37-18)38-26(34)33(2)14-6-13(27)8-29-9-14/h4-10,20H,11H2,1-3H3/t20-/m1/s1. The molecule has 5 aromatic rings. The average Bonchev–Trinajstić information content (AvgIpc) is 3.38. The van der Waals surface area contributed by atoms with Crippen molar-refractivity contribution in [1.82, 2.24) is 19.9 Å². The number of carbonyl (C=O) groups excluding carboxylic acids is 1. The van der Waals surface area contributed by atoms with E-state index >= 15 is 0 Å². The zero-order valence-electron chi connectivity index (χ0n) is 20.8. The van der Waals surface area contributed by atoms with Crippen LogP contribution >= 0.6 is 34.5 Å². The number of carbonyl (C=O) groups is 1. The SMILES string of the molecule is COc1cnc2c(-c3nc4c(Cl)cc5c(c4s3)OC[C@@H](OC(=O)N(C)c3cncc(Cl)c3)O5)cc(C)cc2n1. The van der Waals surface area contributed by atoms with Gasteiger partial charge in [-0.25, -0.2) is 19.7 Å². The van der Waals surface area contributed by atoms with E-state index in [1.807, 2.05) is 19.1 Å². The molecular weight excluding hydrogens is 565 g/mol. The zero-order valence-corrected chi connectivity index (χ0v) is 23.1. The van der Waals surface area contributed by atoms with Gasteiger partial charge in [0, 0.05) is 24.9 Å². The van der Waals surface area contributed by atoms with Gasteiger partial charge in [-0.1, -0.05) is 23.2 Å². The molecule has 198 valence electrons. The third kappa shape index (κ3) is 4.73. The van der Waals surface area contributed by atoms with E-state index in [1.165, 1.54) is 28.6 Å². The largest absolute Gasteiger partial charge is 0.480 e. The van der Waals surface area contributed by atoms with Crippen molar-refractivity contribution in [2.75, 3.05) is 25.7 Å². The van der Waals surface area contributed by atoms with Crippen LogP contribution in [0.15, 0.2) is 42.9 Å². The topological polar surface area (TPSA) is 109 Å². The summed E-state index contributed by atoms with van der Waals surface area (Å²) >= 11 is 14.0. The second-order valence-electron chi connectivity index (χ2n) is 8.64. The predicted octanol–water partition coefficient (Wildman–Crippen LogP) is 6.30. The molecule has 0 bridgehead atoms. The van der Waals surface area contributed by atoms with Crippen LogP contribution in [0.2, 0.25) is 10.0 Å². The van der Waals surface area contributed by atoms with Gasteiger partial charge in [-0.2, -0.15) is 0 Å². The summed E-state index contributed by atoms with van der Waals surface area (Å²) in [6, 6.07) is 7.14. The Balaban J connectivity index is 1.30. The molecule has 0 saturated carbocycles. The van der Waals surface area contributed by atoms with Gasteiger partial charge in [0.25, 0.3) is 6.29 Å². The van der Waals surface area contributed by atoms with Crippen LogP contribution in [0.3, 0.4) is 0 Å². The van der Waals surface area contributed by atoms with Crippen molar-refractivity contribution in [3.05, 3.63) is 58.5 Å². The summed E-state index contributed by atoms with van der Waals surface area (Å²) in [6.45, 7) is 1.95. The van der Waals surface area contributed by atoms with Crippen molar-refractivity contribution in [2.45, 2.75) is 13.2 Å². The number of hydrogen-bond acceptors (Lipinski definition) is 10. The smallest absolute Gasteiger partial charge is 0.417 e. The number of aryl methyl sites for hydroxylation is 1. The van der Waals surface area contributed by atoms with Crippen molar-refractivity contribution < 1.29 is 23.7 Å². The number of nitrogens with zero attached hydrogens (tertiary/aromatic N) is 5. The molecule has 0 fully saturated rings. The first-order chi connectivity index (χ1) is 18.8. The highest BCUT2D eigenvalue weighted by Crippen LogP contribution is 2.47. The normalized spacial score (nSPS) is 14.4. The lowest BCUT2D eigenvalue weighted by Crippen LogP contribution is -2.38. The highest BCUT2D eigenvalue weighted by atomic mass is 35.5. The fraction of sp³-hybridized carbons (Fsp3) is 0.192. The highest BCUT2D eigenvalue weighted by molar-refractivity contribution is 7.22. The van der Waals surface area contributed by atoms with Crippen LogP contribution < -0.4 is 19.1 Å². The summed E-state index contributed by atoms with van der Waals surface area (Å²) < 4.78 is 23.4. The average molecular weight is 584 g/mol. The van der Waals surface area contributed by atoms with Gasteiger partial charge in [0.05, 0.1) is 46.3 Å². The number of halogens is 2. The number of amides is 1. The molecule has 3 aromatic heterocycles. The third-order valence-corrected chi connectivity index (χ3v) is 7.54. The second-order valence-corrected chi connectivity index (χ2v) is 10.5. The Morgan fingerprint density at radius 1 is 1.13 bits per heavy atom. The van der Waals surface area contributed by atoms with Crippen molar-refractivity contribution in [1.29, 1.82) is 0 Å². The summed E-state index contributed by atoms with van der Waals surface area (Å²) in [5.41, 5.74) is 4.23. The highest BCUT2D eigenvalue weighted by Gasteiger charge is 2.30. The van der Waals surface area contributed by atoms with E-state index in [9.17, 15) is 4.79 Å². The molecule has 0 radical (unpaired) electrons. The van der Waals surface area contributed by atoms with E-state index < -0.39 is 12.4 Å². The Hall–Kier alpha value is -3.93. The fourth-order valence-electron chi connectivity index (χ4n) is 4.11. The van der Waals surface area contributed by atoms with Crippen LogP contribution in [0.4, 0.5) is 10.5 Å². The lowest BCUT2D eigenvalue weighted by molar-refractivity contribution is -0.0717. The van der Waals surface area contributed by atoms with E-state index in [0.29, 0.717) is 59.4 Å². The number of benzene rings is 2. The van der Waals surface area contributed by atoms with E-state index in [4.69, 9.17) is 47.1 Å². The molecule has 0 N–H and O–H groups in total. The Morgan fingerprint density at radius 2 is 1.97 bits per heavy atom. The Kier molecular flexibility index (Phi) is 6.49. The van der Waals surface area contributed by atoms with E-state index in [-0.39, 0.29) is 6.61 Å². The number of hydrogen-bond donors (Lipinski definition) is 0. The molecule has 0 spiro atoms. The predicted molar refractivity (Wildman–Crippen MR) is 148 cm³/mol. The molecule has 1 amide bonds. The molecule has 6 rings (SSSR count). The summed E-state index contributed by atoms with van der Waals surface area (Å²) in [5, 5.41) is 1.46. The molecule has 0 saturated heterocycles. The minimum absolute atomic E-state index is 0.0248.